The summed E-state index contributed by atoms with van der Waals surface area (Å²) in [5, 5.41) is 0. The van der Waals surface area contributed by atoms with Crippen molar-refractivity contribution in [1.82, 2.24) is 15.0 Å². The fraction of sp³-hybridized carbons (Fsp3) is 0.0455. The van der Waals surface area contributed by atoms with Crippen LogP contribution >= 0.6 is 0 Å². The van der Waals surface area contributed by atoms with E-state index in [1.807, 2.05) is 19.1 Å². The van der Waals surface area contributed by atoms with Gasteiger partial charge < -0.3 is 23.3 Å². The van der Waals surface area contributed by atoms with Gasteiger partial charge in [0.25, 0.3) is 0 Å². The van der Waals surface area contributed by atoms with Gasteiger partial charge in [0.2, 0.25) is 0 Å². The Kier molecular flexibility index (Phi) is 11.2. The molecule has 0 aliphatic heterocycles. The van der Waals surface area contributed by atoms with Crippen LogP contribution in [0.15, 0.2) is 82.6 Å². The molecule has 38 heavy (non-hydrogen) atoms. The van der Waals surface area contributed by atoms with Crippen LogP contribution in [0.2, 0.25) is 0 Å². The van der Waals surface area contributed by atoms with E-state index >= 15 is 0 Å². The van der Waals surface area contributed by atoms with Crippen molar-refractivity contribution in [1.29, 1.82) is 0 Å². The van der Waals surface area contributed by atoms with Gasteiger partial charge in [-0.3, -0.25) is 0 Å². The number of aromatic nitrogens is 3. The van der Waals surface area contributed by atoms with Gasteiger partial charge in [-0.1, -0.05) is 17.7 Å². The molecule has 0 radical (unpaired) electrons. The fourth-order valence-corrected chi connectivity index (χ4v) is 3.67. The van der Waals surface area contributed by atoms with E-state index in [9.17, 15) is 25.9 Å². The summed E-state index contributed by atoms with van der Waals surface area (Å²) in [5.41, 5.74) is 0.998. The maximum absolute atomic E-state index is 11.1. The smallest absolute Gasteiger partial charge is 0.744 e. The van der Waals surface area contributed by atoms with Crippen LogP contribution in [0.25, 0.3) is 0 Å². The predicted octanol–water partition coefficient (Wildman–Crippen LogP) is -2.63. The van der Waals surface area contributed by atoms with Gasteiger partial charge in [0.05, 0.1) is 9.79 Å². The van der Waals surface area contributed by atoms with Crippen LogP contribution in [0.1, 0.15) is 5.56 Å². The standard InChI is InChI=1S/C22H17N3O9S2.2Na/c1-14-2-4-15(5-3-14)32-20-23-21(33-16-6-10-18(11-7-16)35(26,27)28)25-22(24-20)34-17-8-12-19(13-9-17)36(29,30)31;;/h2-13H,1H3,(H,26,27,28)(H,29,30,31);;/q;2*+1/p-2. The zero-order valence-electron chi connectivity index (χ0n) is 20.3. The third-order valence-corrected chi connectivity index (χ3v) is 6.15. The van der Waals surface area contributed by atoms with Crippen LogP contribution < -0.4 is 73.3 Å². The Morgan fingerprint density at radius 3 is 1.05 bits per heavy atom. The Bertz CT molecular complexity index is 1510. The topological polar surface area (TPSA) is 181 Å². The SMILES string of the molecule is Cc1ccc(Oc2nc(Oc3ccc(S(=O)(=O)[O-])cc3)nc(Oc3ccc(S(=O)(=O)[O-])cc3)n2)cc1.[Na+].[Na+]. The molecule has 12 nitrogen and oxygen atoms in total. The molecular weight excluding hydrogens is 560 g/mol. The van der Waals surface area contributed by atoms with Gasteiger partial charge in [-0.2, -0.15) is 0 Å². The van der Waals surface area contributed by atoms with E-state index in [0.717, 1.165) is 29.8 Å². The van der Waals surface area contributed by atoms with Crippen LogP contribution in [0.3, 0.4) is 0 Å². The minimum absolute atomic E-state index is 0. The van der Waals surface area contributed by atoms with Crippen LogP contribution in [-0.2, 0) is 20.2 Å². The summed E-state index contributed by atoms with van der Waals surface area (Å²) >= 11 is 0. The van der Waals surface area contributed by atoms with E-state index in [1.165, 1.54) is 24.3 Å². The first-order valence-corrected chi connectivity index (χ1v) is 12.8. The Morgan fingerprint density at radius 1 is 0.526 bits per heavy atom. The van der Waals surface area contributed by atoms with Crippen molar-refractivity contribution in [2.75, 3.05) is 0 Å². The van der Waals surface area contributed by atoms with Crippen molar-refractivity contribution in [3.8, 4) is 35.3 Å². The maximum Gasteiger partial charge on any atom is 1.00 e. The third kappa shape index (κ3) is 8.98. The summed E-state index contributed by atoms with van der Waals surface area (Å²) < 4.78 is 83.5. The molecule has 1 aromatic heterocycles. The van der Waals surface area contributed by atoms with Crippen LogP contribution in [0, 0.1) is 6.92 Å². The van der Waals surface area contributed by atoms with E-state index in [4.69, 9.17) is 14.2 Å². The number of aryl methyl sites for hydroxylation is 1. The minimum Gasteiger partial charge on any atom is -0.744 e. The van der Waals surface area contributed by atoms with E-state index < -0.39 is 30.0 Å². The summed E-state index contributed by atoms with van der Waals surface area (Å²) in [7, 11) is -9.27. The summed E-state index contributed by atoms with van der Waals surface area (Å²) in [6, 6.07) is 15.4. The summed E-state index contributed by atoms with van der Waals surface area (Å²) in [4.78, 5) is 11.2. The molecule has 0 saturated heterocycles. The Balaban J connectivity index is 0.00000253. The monoisotopic (exact) mass is 575 g/mol. The molecule has 1 heterocycles. The van der Waals surface area contributed by atoms with Gasteiger partial charge in [0.15, 0.2) is 0 Å². The van der Waals surface area contributed by atoms with Crippen LogP contribution in [-0.4, -0.2) is 40.9 Å². The van der Waals surface area contributed by atoms with Gasteiger partial charge in [0.1, 0.15) is 37.5 Å². The molecule has 4 aromatic rings. The number of benzene rings is 3. The zero-order valence-corrected chi connectivity index (χ0v) is 25.9. The first-order valence-electron chi connectivity index (χ1n) is 9.94. The van der Waals surface area contributed by atoms with Crippen molar-refractivity contribution in [2.24, 2.45) is 0 Å². The fourth-order valence-electron chi connectivity index (χ4n) is 2.73. The molecular formula is C22H15N3Na2O9S2. The number of rotatable bonds is 8. The molecule has 0 atom stereocenters. The average molecular weight is 575 g/mol. The quantitative estimate of drug-likeness (QED) is 0.158. The van der Waals surface area contributed by atoms with Gasteiger partial charge in [0, 0.05) is 0 Å². The third-order valence-electron chi connectivity index (χ3n) is 4.45. The van der Waals surface area contributed by atoms with Gasteiger partial charge >= 0.3 is 77.1 Å². The molecule has 0 saturated carbocycles. The molecule has 0 unspecified atom stereocenters. The molecule has 0 bridgehead atoms. The van der Waals surface area contributed by atoms with Crippen molar-refractivity contribution in [3.05, 3.63) is 78.4 Å². The predicted molar refractivity (Wildman–Crippen MR) is 120 cm³/mol. The second-order valence-corrected chi connectivity index (χ2v) is 9.91. The van der Waals surface area contributed by atoms with Crippen molar-refractivity contribution in [2.45, 2.75) is 16.7 Å². The minimum atomic E-state index is -4.63. The van der Waals surface area contributed by atoms with E-state index in [2.05, 4.69) is 15.0 Å². The van der Waals surface area contributed by atoms with E-state index in [1.54, 1.807) is 12.1 Å². The van der Waals surface area contributed by atoms with Gasteiger partial charge in [-0.25, -0.2) is 16.8 Å². The number of ether oxygens (including phenoxy) is 3. The molecule has 0 amide bonds. The number of hydrogen-bond donors (Lipinski definition) is 0. The summed E-state index contributed by atoms with van der Waals surface area (Å²) in [6.45, 7) is 1.90. The van der Waals surface area contributed by atoms with E-state index in [0.29, 0.717) is 5.75 Å². The molecule has 0 N–H and O–H groups in total. The van der Waals surface area contributed by atoms with Crippen LogP contribution in [0.4, 0.5) is 0 Å². The largest absolute Gasteiger partial charge is 1.00 e. The van der Waals surface area contributed by atoms with Gasteiger partial charge in [-0.05, 0) is 67.6 Å². The number of hydrogen-bond acceptors (Lipinski definition) is 12. The summed E-state index contributed by atoms with van der Waals surface area (Å²) in [5.74, 6) is 0.607. The van der Waals surface area contributed by atoms with Gasteiger partial charge in [-0.15, -0.1) is 15.0 Å². The second-order valence-electron chi connectivity index (χ2n) is 7.15. The van der Waals surface area contributed by atoms with Crippen molar-refractivity contribution >= 4 is 20.2 Å². The summed E-state index contributed by atoms with van der Waals surface area (Å²) in [6.07, 6.45) is 0. The molecule has 0 aliphatic rings. The molecule has 3 aromatic carbocycles. The van der Waals surface area contributed by atoms with Crippen molar-refractivity contribution in [3.63, 3.8) is 0 Å². The number of nitrogens with zero attached hydrogens (tertiary/aromatic N) is 3. The second kappa shape index (κ2) is 13.3. The molecule has 0 aliphatic carbocycles. The molecule has 0 spiro atoms. The molecule has 4 rings (SSSR count). The van der Waals surface area contributed by atoms with Crippen molar-refractivity contribution < 1.29 is 99.3 Å². The molecule has 16 heteroatoms. The first kappa shape index (κ1) is 32.1. The Morgan fingerprint density at radius 2 is 0.789 bits per heavy atom. The van der Waals surface area contributed by atoms with Crippen LogP contribution in [0.5, 0.6) is 35.3 Å². The zero-order chi connectivity index (χ0) is 25.9. The Labute approximate surface area is 262 Å². The average Bonchev–Trinajstić information content (AvgIpc) is 2.80. The molecule has 186 valence electrons. The normalized spacial score (nSPS) is 11.0. The first-order chi connectivity index (χ1) is 17.0. The molecule has 0 fully saturated rings. The Hall–Kier alpha value is -2.11. The maximum atomic E-state index is 11.1. The van der Waals surface area contributed by atoms with E-state index in [-0.39, 0.29) is 88.6 Å².